The van der Waals surface area contributed by atoms with Crippen molar-refractivity contribution in [1.82, 2.24) is 15.6 Å². The molecule has 2 rings (SSSR count). The first kappa shape index (κ1) is 21.3. The number of halogens is 1. The van der Waals surface area contributed by atoms with Gasteiger partial charge in [-0.15, -0.1) is 0 Å². The van der Waals surface area contributed by atoms with Crippen LogP contribution in [-0.2, 0) is 14.8 Å². The van der Waals surface area contributed by atoms with Crippen LogP contribution in [0.1, 0.15) is 23.7 Å². The average molecular weight is 409 g/mol. The van der Waals surface area contributed by atoms with Crippen molar-refractivity contribution in [3.05, 3.63) is 59.9 Å². The number of carbonyl (C=O) groups is 2. The zero-order valence-electron chi connectivity index (χ0n) is 15.1. The molecule has 0 atom stereocenters. The van der Waals surface area contributed by atoms with Crippen LogP contribution in [0.3, 0.4) is 0 Å². The van der Waals surface area contributed by atoms with Crippen LogP contribution < -0.4 is 20.3 Å². The third kappa shape index (κ3) is 6.32. The minimum Gasteiger partial charge on any atom is -0.494 e. The van der Waals surface area contributed by atoms with E-state index in [1.165, 1.54) is 0 Å². The maximum Gasteiger partial charge on any atom is 0.269 e. The highest BCUT2D eigenvalue weighted by Crippen LogP contribution is 2.12. The number of rotatable bonds is 8. The van der Waals surface area contributed by atoms with Gasteiger partial charge in [0.25, 0.3) is 5.91 Å². The predicted octanol–water partition coefficient (Wildman–Crippen LogP) is 1.35. The lowest BCUT2D eigenvalue weighted by molar-refractivity contribution is -0.121. The quantitative estimate of drug-likeness (QED) is 0.570. The average Bonchev–Trinajstić information content (AvgIpc) is 2.67. The van der Waals surface area contributed by atoms with Crippen LogP contribution >= 0.6 is 0 Å². The van der Waals surface area contributed by atoms with E-state index >= 15 is 0 Å². The van der Waals surface area contributed by atoms with Crippen LogP contribution in [0.2, 0.25) is 0 Å². The molecule has 0 aliphatic heterocycles. The summed E-state index contributed by atoms with van der Waals surface area (Å²) in [7, 11) is -3.85. The predicted molar refractivity (Wildman–Crippen MR) is 99.4 cm³/mol. The topological polar surface area (TPSA) is 114 Å². The molecule has 3 N–H and O–H groups in total. The Hall–Kier alpha value is -2.98. The van der Waals surface area contributed by atoms with Crippen LogP contribution in [0.5, 0.6) is 5.75 Å². The van der Waals surface area contributed by atoms with Crippen molar-refractivity contribution in [2.75, 3.05) is 13.2 Å². The van der Waals surface area contributed by atoms with E-state index in [0.717, 1.165) is 24.3 Å². The molecule has 0 heterocycles. The maximum absolute atomic E-state index is 12.9. The zero-order chi connectivity index (χ0) is 20.6. The molecule has 0 aliphatic rings. The maximum atomic E-state index is 12.9. The summed E-state index contributed by atoms with van der Waals surface area (Å²) in [5.74, 6) is -1.04. The second-order valence-electron chi connectivity index (χ2n) is 5.56. The second-order valence-corrected chi connectivity index (χ2v) is 7.33. The Morgan fingerprint density at radius 3 is 2.25 bits per heavy atom. The molecule has 0 radical (unpaired) electrons. The molecule has 0 spiro atoms. The van der Waals surface area contributed by atoms with Gasteiger partial charge in [-0.2, -0.15) is 0 Å². The lowest BCUT2D eigenvalue weighted by atomic mass is 10.2. The van der Waals surface area contributed by atoms with Gasteiger partial charge in [-0.05, 0) is 55.5 Å². The van der Waals surface area contributed by atoms with E-state index in [2.05, 4.69) is 15.6 Å². The van der Waals surface area contributed by atoms with E-state index < -0.39 is 27.7 Å². The number of ether oxygens (including phenoxy) is 1. The van der Waals surface area contributed by atoms with Gasteiger partial charge >= 0.3 is 0 Å². The number of carbonyl (C=O) groups excluding carboxylic acids is 2. The minimum absolute atomic E-state index is 0.113. The Labute approximate surface area is 162 Å². The van der Waals surface area contributed by atoms with Crippen molar-refractivity contribution in [3.8, 4) is 5.75 Å². The first-order chi connectivity index (χ1) is 13.3. The van der Waals surface area contributed by atoms with E-state index in [9.17, 15) is 22.4 Å². The second kappa shape index (κ2) is 9.81. The van der Waals surface area contributed by atoms with Gasteiger partial charge in [-0.1, -0.05) is 0 Å². The molecular weight excluding hydrogens is 389 g/mol. The highest BCUT2D eigenvalue weighted by atomic mass is 32.2. The zero-order valence-corrected chi connectivity index (χ0v) is 15.9. The van der Waals surface area contributed by atoms with Crippen molar-refractivity contribution in [1.29, 1.82) is 0 Å². The third-order valence-corrected chi connectivity index (χ3v) is 4.99. The van der Waals surface area contributed by atoms with Gasteiger partial charge in [0.1, 0.15) is 11.6 Å². The lowest BCUT2D eigenvalue weighted by Gasteiger charge is -2.09. The Kier molecular flexibility index (Phi) is 7.47. The number of sulfonamides is 1. The molecule has 150 valence electrons. The first-order valence-corrected chi connectivity index (χ1v) is 9.87. The molecule has 2 amide bonds. The highest BCUT2D eigenvalue weighted by Gasteiger charge is 2.14. The summed E-state index contributed by atoms with van der Waals surface area (Å²) in [5, 5.41) is 0. The van der Waals surface area contributed by atoms with Crippen molar-refractivity contribution in [3.63, 3.8) is 0 Å². The fourth-order valence-electron chi connectivity index (χ4n) is 2.13. The largest absolute Gasteiger partial charge is 0.494 e. The summed E-state index contributed by atoms with van der Waals surface area (Å²) >= 11 is 0. The smallest absolute Gasteiger partial charge is 0.269 e. The fraction of sp³-hybridized carbons (Fsp3) is 0.222. The number of nitrogens with one attached hydrogen (secondary N) is 3. The van der Waals surface area contributed by atoms with Crippen LogP contribution in [0.15, 0.2) is 53.4 Å². The molecule has 8 nitrogen and oxygen atoms in total. The lowest BCUT2D eigenvalue weighted by Crippen LogP contribution is -2.42. The number of hydrogen-bond acceptors (Lipinski definition) is 5. The summed E-state index contributed by atoms with van der Waals surface area (Å²) < 4.78 is 44.4. The fourth-order valence-corrected chi connectivity index (χ4v) is 3.16. The summed E-state index contributed by atoms with van der Waals surface area (Å²) in [4.78, 5) is 23.6. The summed E-state index contributed by atoms with van der Waals surface area (Å²) in [6, 6.07) is 10.6. The molecule has 0 saturated heterocycles. The van der Waals surface area contributed by atoms with Crippen molar-refractivity contribution >= 4 is 21.8 Å². The first-order valence-electron chi connectivity index (χ1n) is 8.39. The standard InChI is InChI=1S/C18H20FN3O5S/c1-2-27-15-7-3-13(4-8-15)18(24)22-21-17(23)11-12-20-28(25,26)16-9-5-14(19)6-10-16/h3-10,20H,2,11-12H2,1H3,(H,21,23)(H,22,24). The van der Waals surface area contributed by atoms with E-state index in [4.69, 9.17) is 4.74 Å². The molecule has 10 heteroatoms. The Bertz CT molecular complexity index is 915. The molecule has 0 aliphatic carbocycles. The molecule has 0 bridgehead atoms. The normalized spacial score (nSPS) is 10.9. The number of hydrogen-bond donors (Lipinski definition) is 3. The molecule has 0 saturated carbocycles. The molecule has 0 aromatic heterocycles. The van der Waals surface area contributed by atoms with Crippen molar-refractivity contribution < 1.29 is 27.1 Å². The van der Waals surface area contributed by atoms with Crippen molar-refractivity contribution in [2.45, 2.75) is 18.2 Å². The van der Waals surface area contributed by atoms with Gasteiger partial charge < -0.3 is 4.74 Å². The monoisotopic (exact) mass is 409 g/mol. The number of benzene rings is 2. The third-order valence-electron chi connectivity index (χ3n) is 3.51. The van der Waals surface area contributed by atoms with E-state index in [0.29, 0.717) is 17.9 Å². The molecule has 2 aromatic carbocycles. The van der Waals surface area contributed by atoms with Crippen LogP contribution in [0.25, 0.3) is 0 Å². The van der Waals surface area contributed by atoms with Crippen LogP contribution in [0.4, 0.5) is 4.39 Å². The minimum atomic E-state index is -3.85. The molecule has 0 fully saturated rings. The van der Waals surface area contributed by atoms with Crippen LogP contribution in [-0.4, -0.2) is 33.4 Å². The molecule has 28 heavy (non-hydrogen) atoms. The summed E-state index contributed by atoms with van der Waals surface area (Å²) in [5.41, 5.74) is 4.76. The van der Waals surface area contributed by atoms with Crippen LogP contribution in [0, 0.1) is 5.82 Å². The summed E-state index contributed by atoms with van der Waals surface area (Å²) in [6.45, 7) is 2.16. The van der Waals surface area contributed by atoms with E-state index in [1.54, 1.807) is 24.3 Å². The Balaban J connectivity index is 1.76. The number of amides is 2. The van der Waals surface area contributed by atoms with Gasteiger partial charge in [-0.25, -0.2) is 17.5 Å². The Morgan fingerprint density at radius 1 is 1.00 bits per heavy atom. The molecule has 0 unspecified atom stereocenters. The van der Waals surface area contributed by atoms with Gasteiger partial charge in [-0.3, -0.25) is 20.4 Å². The SMILES string of the molecule is CCOc1ccc(C(=O)NNC(=O)CCNS(=O)(=O)c2ccc(F)cc2)cc1. The van der Waals surface area contributed by atoms with Gasteiger partial charge in [0.2, 0.25) is 15.9 Å². The van der Waals surface area contributed by atoms with Crippen molar-refractivity contribution in [2.24, 2.45) is 0 Å². The van der Waals surface area contributed by atoms with Gasteiger partial charge in [0.15, 0.2) is 0 Å². The van der Waals surface area contributed by atoms with Gasteiger partial charge in [0, 0.05) is 18.5 Å². The highest BCUT2D eigenvalue weighted by molar-refractivity contribution is 7.89. The molecular formula is C18H20FN3O5S. The Morgan fingerprint density at radius 2 is 1.64 bits per heavy atom. The van der Waals surface area contributed by atoms with E-state index in [-0.39, 0.29) is 17.9 Å². The molecule has 2 aromatic rings. The number of hydrazine groups is 1. The van der Waals surface area contributed by atoms with Gasteiger partial charge in [0.05, 0.1) is 11.5 Å². The van der Waals surface area contributed by atoms with E-state index in [1.807, 2.05) is 6.92 Å². The summed E-state index contributed by atoms with van der Waals surface area (Å²) in [6.07, 6.45) is -0.204.